The van der Waals surface area contributed by atoms with E-state index in [1.807, 2.05) is 0 Å². The van der Waals surface area contributed by atoms with E-state index in [2.05, 4.69) is 5.32 Å². The Morgan fingerprint density at radius 1 is 1.41 bits per heavy atom. The van der Waals surface area contributed by atoms with Crippen LogP contribution in [0.2, 0.25) is 0 Å². The number of carbonyl (C=O) groups is 2. The minimum Gasteiger partial charge on any atom is -0.479 e. The molecule has 1 amide bonds. The highest BCUT2D eigenvalue weighted by Gasteiger charge is 2.44. The summed E-state index contributed by atoms with van der Waals surface area (Å²) < 4.78 is 5.36. The van der Waals surface area contributed by atoms with Crippen LogP contribution in [0, 0.1) is 0 Å². The summed E-state index contributed by atoms with van der Waals surface area (Å²) >= 11 is 1.56. The lowest BCUT2D eigenvalue weighted by atomic mass is 9.98. The van der Waals surface area contributed by atoms with Gasteiger partial charge in [-0.3, -0.25) is 4.79 Å². The standard InChI is InChI=1S/C11H17NO4S/c13-9(8-3-1-2-5-16-8)12-11(10(14)15)4-6-17-7-11/h8H,1-7H2,(H,12,13)(H,14,15). The van der Waals surface area contributed by atoms with Crippen molar-refractivity contribution in [1.29, 1.82) is 0 Å². The van der Waals surface area contributed by atoms with Crippen LogP contribution in [0.25, 0.3) is 0 Å². The van der Waals surface area contributed by atoms with Crippen molar-refractivity contribution < 1.29 is 19.4 Å². The summed E-state index contributed by atoms with van der Waals surface area (Å²) in [5.74, 6) is 0.0140. The van der Waals surface area contributed by atoms with Gasteiger partial charge in [0.05, 0.1) is 0 Å². The van der Waals surface area contributed by atoms with E-state index < -0.39 is 17.6 Å². The van der Waals surface area contributed by atoms with E-state index in [9.17, 15) is 14.7 Å². The number of amides is 1. The number of carboxylic acid groups (broad SMARTS) is 1. The number of rotatable bonds is 3. The molecule has 17 heavy (non-hydrogen) atoms. The van der Waals surface area contributed by atoms with Gasteiger partial charge in [0.25, 0.3) is 0 Å². The molecule has 96 valence electrons. The molecule has 2 aliphatic rings. The minimum atomic E-state index is -1.08. The second-order valence-corrected chi connectivity index (χ2v) is 5.64. The second kappa shape index (κ2) is 5.27. The fraction of sp³-hybridized carbons (Fsp3) is 0.818. The number of aliphatic carboxylic acids is 1. The zero-order valence-corrected chi connectivity index (χ0v) is 10.4. The molecular formula is C11H17NO4S. The molecule has 2 fully saturated rings. The quantitative estimate of drug-likeness (QED) is 0.777. The first-order chi connectivity index (χ1) is 8.14. The van der Waals surface area contributed by atoms with Crippen LogP contribution in [0.5, 0.6) is 0 Å². The van der Waals surface area contributed by atoms with Gasteiger partial charge in [-0.1, -0.05) is 0 Å². The Hall–Kier alpha value is -0.750. The van der Waals surface area contributed by atoms with E-state index in [0.29, 0.717) is 25.2 Å². The van der Waals surface area contributed by atoms with Crippen molar-refractivity contribution in [1.82, 2.24) is 5.32 Å². The van der Waals surface area contributed by atoms with Crippen molar-refractivity contribution in [3.05, 3.63) is 0 Å². The molecule has 0 radical (unpaired) electrons. The van der Waals surface area contributed by atoms with Crippen LogP contribution in [0.1, 0.15) is 25.7 Å². The molecule has 0 bridgehead atoms. The summed E-state index contributed by atoms with van der Waals surface area (Å²) in [6, 6.07) is 0. The van der Waals surface area contributed by atoms with E-state index in [4.69, 9.17) is 4.74 Å². The zero-order chi connectivity index (χ0) is 12.3. The molecule has 0 aromatic carbocycles. The predicted octanol–water partition coefficient (Wildman–Crippen LogP) is 0.632. The molecule has 0 spiro atoms. The first-order valence-electron chi connectivity index (χ1n) is 5.89. The summed E-state index contributed by atoms with van der Waals surface area (Å²) in [5, 5.41) is 11.9. The van der Waals surface area contributed by atoms with Crippen LogP contribution in [0.15, 0.2) is 0 Å². The third-order valence-corrected chi connectivity index (χ3v) is 4.46. The average molecular weight is 259 g/mol. The number of carboxylic acids is 1. The highest BCUT2D eigenvalue weighted by atomic mass is 32.2. The lowest BCUT2D eigenvalue weighted by Crippen LogP contribution is -2.57. The number of thioether (sulfide) groups is 1. The Bertz CT molecular complexity index is 309. The molecule has 0 aliphatic carbocycles. The smallest absolute Gasteiger partial charge is 0.330 e. The van der Waals surface area contributed by atoms with Gasteiger partial charge in [0.15, 0.2) is 0 Å². The molecule has 2 unspecified atom stereocenters. The maximum absolute atomic E-state index is 12.0. The number of nitrogens with one attached hydrogen (secondary N) is 1. The van der Waals surface area contributed by atoms with Gasteiger partial charge >= 0.3 is 5.97 Å². The Kier molecular flexibility index (Phi) is 3.93. The van der Waals surface area contributed by atoms with Crippen molar-refractivity contribution in [2.75, 3.05) is 18.1 Å². The summed E-state index contributed by atoms with van der Waals surface area (Å²) in [4.78, 5) is 23.2. The maximum Gasteiger partial charge on any atom is 0.330 e. The first-order valence-corrected chi connectivity index (χ1v) is 7.04. The van der Waals surface area contributed by atoms with Crippen LogP contribution < -0.4 is 5.32 Å². The highest BCUT2D eigenvalue weighted by molar-refractivity contribution is 7.99. The van der Waals surface area contributed by atoms with Crippen LogP contribution in [0.4, 0.5) is 0 Å². The van der Waals surface area contributed by atoms with Gasteiger partial charge in [0.2, 0.25) is 5.91 Å². The minimum absolute atomic E-state index is 0.269. The van der Waals surface area contributed by atoms with Gasteiger partial charge in [0, 0.05) is 12.4 Å². The van der Waals surface area contributed by atoms with Gasteiger partial charge < -0.3 is 15.2 Å². The molecule has 2 aliphatic heterocycles. The SMILES string of the molecule is O=C(NC1(C(=O)O)CCSC1)C1CCCCO1. The maximum atomic E-state index is 12.0. The second-order valence-electron chi connectivity index (χ2n) is 4.53. The number of hydrogen-bond acceptors (Lipinski definition) is 4. The van der Waals surface area contributed by atoms with E-state index in [0.717, 1.165) is 18.6 Å². The summed E-state index contributed by atoms with van der Waals surface area (Å²) in [6.45, 7) is 0.590. The Balaban J connectivity index is 1.98. The fourth-order valence-corrected chi connectivity index (χ4v) is 3.48. The Morgan fingerprint density at radius 2 is 2.24 bits per heavy atom. The molecule has 2 saturated heterocycles. The molecule has 2 rings (SSSR count). The molecule has 0 aromatic rings. The first kappa shape index (κ1) is 12.7. The van der Waals surface area contributed by atoms with Crippen molar-refractivity contribution in [2.24, 2.45) is 0 Å². The molecule has 6 heteroatoms. The molecular weight excluding hydrogens is 242 g/mol. The zero-order valence-electron chi connectivity index (χ0n) is 9.61. The van der Waals surface area contributed by atoms with Crippen LogP contribution in [-0.4, -0.2) is 46.7 Å². The van der Waals surface area contributed by atoms with E-state index in [1.54, 1.807) is 11.8 Å². The lowest BCUT2D eigenvalue weighted by Gasteiger charge is -2.29. The van der Waals surface area contributed by atoms with Crippen LogP contribution in [-0.2, 0) is 14.3 Å². The summed E-state index contributed by atoms with van der Waals surface area (Å²) in [7, 11) is 0. The van der Waals surface area contributed by atoms with Crippen LogP contribution in [0.3, 0.4) is 0 Å². The average Bonchev–Trinajstić information content (AvgIpc) is 2.80. The van der Waals surface area contributed by atoms with Crippen molar-refractivity contribution in [3.63, 3.8) is 0 Å². The van der Waals surface area contributed by atoms with Gasteiger partial charge in [-0.05, 0) is 31.4 Å². The Labute approximate surface area is 104 Å². The topological polar surface area (TPSA) is 75.6 Å². The number of ether oxygens (including phenoxy) is 1. The number of hydrogen-bond donors (Lipinski definition) is 2. The molecule has 0 aromatic heterocycles. The van der Waals surface area contributed by atoms with Gasteiger partial charge in [-0.15, -0.1) is 0 Å². The molecule has 0 saturated carbocycles. The predicted molar refractivity (Wildman–Crippen MR) is 64.0 cm³/mol. The van der Waals surface area contributed by atoms with E-state index >= 15 is 0 Å². The normalized spacial score (nSPS) is 33.3. The summed E-state index contributed by atoms with van der Waals surface area (Å²) in [5.41, 5.74) is -1.08. The van der Waals surface area contributed by atoms with Crippen LogP contribution >= 0.6 is 11.8 Å². The van der Waals surface area contributed by atoms with E-state index in [1.165, 1.54) is 0 Å². The third-order valence-electron chi connectivity index (χ3n) is 3.27. The molecule has 2 atom stereocenters. The van der Waals surface area contributed by atoms with Gasteiger partial charge in [-0.2, -0.15) is 11.8 Å². The van der Waals surface area contributed by atoms with Crippen molar-refractivity contribution in [3.8, 4) is 0 Å². The third kappa shape index (κ3) is 2.74. The summed E-state index contributed by atoms with van der Waals surface area (Å²) in [6.07, 6.45) is 2.65. The largest absolute Gasteiger partial charge is 0.479 e. The van der Waals surface area contributed by atoms with Crippen molar-refractivity contribution in [2.45, 2.75) is 37.3 Å². The number of carbonyl (C=O) groups excluding carboxylic acids is 1. The van der Waals surface area contributed by atoms with E-state index in [-0.39, 0.29) is 5.91 Å². The van der Waals surface area contributed by atoms with Gasteiger partial charge in [0.1, 0.15) is 11.6 Å². The van der Waals surface area contributed by atoms with Crippen molar-refractivity contribution >= 4 is 23.6 Å². The lowest BCUT2D eigenvalue weighted by molar-refractivity contribution is -0.149. The molecule has 2 heterocycles. The fourth-order valence-electron chi connectivity index (χ4n) is 2.15. The van der Waals surface area contributed by atoms with Gasteiger partial charge in [-0.25, -0.2) is 4.79 Å². The highest BCUT2D eigenvalue weighted by Crippen LogP contribution is 2.28. The molecule has 2 N–H and O–H groups in total. The Morgan fingerprint density at radius 3 is 2.76 bits per heavy atom. The monoisotopic (exact) mass is 259 g/mol. The molecule has 5 nitrogen and oxygen atoms in total.